The van der Waals surface area contributed by atoms with Crippen LogP contribution in [0.2, 0.25) is 0 Å². The Balaban J connectivity index is 1.28. The number of likely N-dealkylation sites (tertiary alicyclic amines) is 1. The maximum absolute atomic E-state index is 14.4. The summed E-state index contributed by atoms with van der Waals surface area (Å²) in [5.41, 5.74) is 1.02. The molecular formula is C36H42F3N5O3. The lowest BCUT2D eigenvalue weighted by atomic mass is 9.54. The molecule has 47 heavy (non-hydrogen) atoms. The van der Waals surface area contributed by atoms with Gasteiger partial charge in [-0.2, -0.15) is 23.0 Å². The van der Waals surface area contributed by atoms with Crippen molar-refractivity contribution >= 4 is 11.6 Å². The molecule has 4 aromatic rings. The van der Waals surface area contributed by atoms with Crippen LogP contribution >= 0.6 is 0 Å². The molecule has 7 rings (SSSR count). The average molecular weight is 650 g/mol. The first-order chi connectivity index (χ1) is 22.1. The van der Waals surface area contributed by atoms with Gasteiger partial charge in [0.25, 0.3) is 0 Å². The second kappa shape index (κ2) is 10.8. The maximum Gasteiger partial charge on any atom is 0.435 e. The lowest BCUT2D eigenvalue weighted by Crippen LogP contribution is -2.44. The second-order valence-corrected chi connectivity index (χ2v) is 15.4. The molecule has 0 N–H and O–H groups in total. The molecule has 1 saturated heterocycles. The van der Waals surface area contributed by atoms with Gasteiger partial charge in [-0.15, -0.1) is 0 Å². The van der Waals surface area contributed by atoms with E-state index in [1.807, 2.05) is 25.1 Å². The summed E-state index contributed by atoms with van der Waals surface area (Å²) in [6.07, 6.45) is 5.43. The van der Waals surface area contributed by atoms with Crippen LogP contribution in [-0.2, 0) is 22.9 Å². The zero-order valence-electron chi connectivity index (χ0n) is 27.7. The van der Waals surface area contributed by atoms with E-state index < -0.39 is 34.5 Å². The molecule has 250 valence electrons. The zero-order valence-corrected chi connectivity index (χ0v) is 27.7. The summed E-state index contributed by atoms with van der Waals surface area (Å²) in [5.74, 6) is 0.481. The number of carbonyl (C=O) groups is 1. The Kier molecular flexibility index (Phi) is 7.31. The van der Waals surface area contributed by atoms with Crippen molar-refractivity contribution in [3.63, 3.8) is 0 Å². The largest absolute Gasteiger partial charge is 0.442 e. The lowest BCUT2D eigenvalue weighted by molar-refractivity contribution is -0.136. The number of ether oxygens (including phenoxy) is 1. The van der Waals surface area contributed by atoms with Crippen molar-refractivity contribution in [3.8, 4) is 5.69 Å². The summed E-state index contributed by atoms with van der Waals surface area (Å²) in [6, 6.07) is 8.67. The van der Waals surface area contributed by atoms with E-state index in [1.165, 1.54) is 21.5 Å². The number of benzene rings is 1. The molecule has 4 heterocycles. The normalized spacial score (nSPS) is 20.8. The molecular weight excluding hydrogens is 607 g/mol. The van der Waals surface area contributed by atoms with Gasteiger partial charge in [-0.25, -0.2) is 9.59 Å². The number of aryl methyl sites for hydroxylation is 1. The molecule has 11 heteroatoms. The topological polar surface area (TPSA) is 73.8 Å². The van der Waals surface area contributed by atoms with E-state index in [1.54, 1.807) is 39.2 Å². The number of imidazole rings is 1. The lowest BCUT2D eigenvalue weighted by Gasteiger charge is -2.48. The van der Waals surface area contributed by atoms with E-state index in [0.717, 1.165) is 72.8 Å². The fourth-order valence-electron chi connectivity index (χ4n) is 7.99. The number of nitrogens with zero attached hydrogens (tertiary/aromatic N) is 5. The second-order valence-electron chi connectivity index (χ2n) is 15.4. The minimum absolute atomic E-state index is 0.175. The Morgan fingerprint density at radius 2 is 1.83 bits per heavy atom. The Labute approximate surface area is 272 Å². The highest BCUT2D eigenvalue weighted by atomic mass is 19.4. The predicted octanol–water partition coefficient (Wildman–Crippen LogP) is 7.49. The number of carbonyl (C=O) groups excluding carboxylic acids is 1. The SMILES string of the molecule is Cc1cn(C(=O)OC(C)(C)C)nc1C1(c2cccc(-n3cc4c(C(F)(F)F)cc(CN5CCC[C@H](C)C5)cn4c3=O)c2)CC2(CC2)C1. The molecule has 2 aliphatic carbocycles. The van der Waals surface area contributed by atoms with E-state index in [9.17, 15) is 22.8 Å². The number of hydrogen-bond acceptors (Lipinski definition) is 5. The quantitative estimate of drug-likeness (QED) is 0.224. The van der Waals surface area contributed by atoms with Crippen molar-refractivity contribution in [2.45, 2.75) is 96.9 Å². The van der Waals surface area contributed by atoms with Crippen LogP contribution in [0.1, 0.15) is 94.2 Å². The van der Waals surface area contributed by atoms with Crippen molar-refractivity contribution in [1.29, 1.82) is 0 Å². The van der Waals surface area contributed by atoms with Crippen LogP contribution in [0.25, 0.3) is 11.2 Å². The first-order valence-electron chi connectivity index (χ1n) is 16.5. The van der Waals surface area contributed by atoms with E-state index in [4.69, 9.17) is 9.84 Å². The number of fused-ring (bicyclic) bond motifs is 1. The fourth-order valence-corrected chi connectivity index (χ4v) is 7.99. The van der Waals surface area contributed by atoms with E-state index in [-0.39, 0.29) is 10.9 Å². The molecule has 3 aliphatic rings. The van der Waals surface area contributed by atoms with Crippen LogP contribution in [0.4, 0.5) is 18.0 Å². The van der Waals surface area contributed by atoms with E-state index in [2.05, 4.69) is 11.8 Å². The van der Waals surface area contributed by atoms with Gasteiger partial charge < -0.3 is 4.74 Å². The summed E-state index contributed by atoms with van der Waals surface area (Å²) in [5, 5.41) is 4.75. The summed E-state index contributed by atoms with van der Waals surface area (Å²) >= 11 is 0. The molecule has 8 nitrogen and oxygen atoms in total. The smallest absolute Gasteiger partial charge is 0.435 e. The summed E-state index contributed by atoms with van der Waals surface area (Å²) < 4.78 is 52.6. The molecule has 1 spiro atoms. The summed E-state index contributed by atoms with van der Waals surface area (Å²) in [7, 11) is 0. The van der Waals surface area contributed by atoms with E-state index in [0.29, 0.717) is 23.7 Å². The minimum Gasteiger partial charge on any atom is -0.442 e. The molecule has 2 saturated carbocycles. The third-order valence-corrected chi connectivity index (χ3v) is 10.2. The monoisotopic (exact) mass is 649 g/mol. The molecule has 1 aliphatic heterocycles. The van der Waals surface area contributed by atoms with Crippen molar-refractivity contribution in [1.82, 2.24) is 23.6 Å². The Bertz CT molecular complexity index is 1920. The average Bonchev–Trinajstić information content (AvgIpc) is 3.55. The van der Waals surface area contributed by atoms with Gasteiger partial charge in [0.05, 0.1) is 22.5 Å². The Morgan fingerprint density at radius 3 is 2.49 bits per heavy atom. The van der Waals surface area contributed by atoms with Gasteiger partial charge in [0, 0.05) is 37.1 Å². The number of halogens is 3. The number of pyridine rings is 1. The third kappa shape index (κ3) is 5.81. The van der Waals surface area contributed by atoms with Gasteiger partial charge in [0.2, 0.25) is 0 Å². The van der Waals surface area contributed by atoms with Gasteiger partial charge in [-0.1, -0.05) is 19.1 Å². The fraction of sp³-hybridized carbons (Fsp3) is 0.528. The molecule has 3 fully saturated rings. The van der Waals surface area contributed by atoms with Crippen molar-refractivity contribution in [3.05, 3.63) is 87.4 Å². The molecule has 1 aromatic carbocycles. The van der Waals surface area contributed by atoms with Crippen LogP contribution < -0.4 is 5.69 Å². The number of alkyl halides is 3. The minimum atomic E-state index is -4.63. The van der Waals surface area contributed by atoms with Crippen molar-refractivity contribution in [2.24, 2.45) is 11.3 Å². The Hall–Kier alpha value is -3.86. The van der Waals surface area contributed by atoms with Crippen LogP contribution in [-0.4, -0.2) is 48.4 Å². The van der Waals surface area contributed by atoms with Crippen molar-refractivity contribution in [2.75, 3.05) is 13.1 Å². The van der Waals surface area contributed by atoms with Gasteiger partial charge in [0.15, 0.2) is 0 Å². The van der Waals surface area contributed by atoms with Gasteiger partial charge in [-0.3, -0.25) is 13.9 Å². The first kappa shape index (κ1) is 31.7. The zero-order chi connectivity index (χ0) is 33.5. The molecule has 0 radical (unpaired) electrons. The number of aromatic nitrogens is 4. The van der Waals surface area contributed by atoms with Gasteiger partial charge in [0.1, 0.15) is 5.60 Å². The predicted molar refractivity (Wildman–Crippen MR) is 172 cm³/mol. The molecule has 0 unspecified atom stereocenters. The van der Waals surface area contributed by atoms with Crippen molar-refractivity contribution < 1.29 is 22.7 Å². The highest BCUT2D eigenvalue weighted by Crippen LogP contribution is 2.71. The molecule has 3 aromatic heterocycles. The Morgan fingerprint density at radius 1 is 1.09 bits per heavy atom. The standard InChI is InChI=1S/C36H42F3N5O3/c1-23-8-7-13-41(16-23)18-25-14-28(36(37,38)39)29-20-42(31(45)43(29)19-25)27-10-6-9-26(15-27)35(21-34(22-35)11-12-34)30-24(2)17-44(40-30)32(46)47-33(3,4)5/h6,9-10,14-15,17,19-20,23H,7-8,11-13,16,18,21-22H2,1-5H3/t23-/m0/s1. The maximum atomic E-state index is 14.4. The number of rotatable bonds is 5. The summed E-state index contributed by atoms with van der Waals surface area (Å²) in [6.45, 7) is 11.5. The number of hydrogen-bond donors (Lipinski definition) is 0. The number of piperidine rings is 1. The van der Waals surface area contributed by atoms with Crippen LogP contribution in [0.3, 0.4) is 0 Å². The van der Waals surface area contributed by atoms with Gasteiger partial charge >= 0.3 is 18.0 Å². The third-order valence-electron chi connectivity index (χ3n) is 10.2. The summed E-state index contributed by atoms with van der Waals surface area (Å²) in [4.78, 5) is 28.9. The highest BCUT2D eigenvalue weighted by molar-refractivity contribution is 5.70. The van der Waals surface area contributed by atoms with Crippen LogP contribution in [0.15, 0.2) is 53.7 Å². The molecule has 0 bridgehead atoms. The molecule has 0 amide bonds. The van der Waals surface area contributed by atoms with Crippen LogP contribution in [0.5, 0.6) is 0 Å². The first-order valence-corrected chi connectivity index (χ1v) is 16.5. The van der Waals surface area contributed by atoms with Gasteiger partial charge in [-0.05, 0) is 119 Å². The van der Waals surface area contributed by atoms with E-state index >= 15 is 0 Å². The highest BCUT2D eigenvalue weighted by Gasteiger charge is 2.63. The molecule has 1 atom stereocenters. The van der Waals surface area contributed by atoms with Crippen LogP contribution in [0, 0.1) is 18.3 Å².